The first-order valence-corrected chi connectivity index (χ1v) is 11.6. The molecule has 1 N–H and O–H groups in total. The van der Waals surface area contributed by atoms with Crippen molar-refractivity contribution in [3.63, 3.8) is 0 Å². The molecule has 0 bridgehead atoms. The van der Waals surface area contributed by atoms with Crippen LogP contribution >= 0.6 is 23.2 Å². The number of aryl methyl sites for hydroxylation is 2. The maximum absolute atomic E-state index is 13.3. The molecule has 0 unspecified atom stereocenters. The minimum atomic E-state index is -0.589. The van der Waals surface area contributed by atoms with Crippen LogP contribution in [0.5, 0.6) is 0 Å². The van der Waals surface area contributed by atoms with Crippen LogP contribution in [0.25, 0.3) is 0 Å². The summed E-state index contributed by atoms with van der Waals surface area (Å²) in [7, 11) is 0. The van der Waals surface area contributed by atoms with Gasteiger partial charge in [-0.05, 0) is 68.0 Å². The average Bonchev–Trinajstić information content (AvgIpc) is 3.24. The first-order chi connectivity index (χ1) is 14.7. The fourth-order valence-corrected chi connectivity index (χ4v) is 4.32. The molecule has 2 amide bonds. The van der Waals surface area contributed by atoms with Gasteiger partial charge in [0.25, 0.3) is 0 Å². The van der Waals surface area contributed by atoms with E-state index in [9.17, 15) is 9.59 Å². The summed E-state index contributed by atoms with van der Waals surface area (Å²) in [6.45, 7) is 6.17. The van der Waals surface area contributed by atoms with E-state index in [0.717, 1.165) is 42.4 Å². The molecule has 0 aliphatic heterocycles. The van der Waals surface area contributed by atoms with E-state index in [1.165, 1.54) is 5.56 Å². The average molecular weight is 461 g/mol. The standard InChI is InChI=1S/C25H30Cl2N2O2/c1-16-8-9-19(12-17(16)2)14-24(30)29(15-20-10-11-22(26)23(27)13-20)18(3)25(31)28-21-6-4-5-7-21/h8-13,18,21H,4-7,14-15H2,1-3H3,(H,28,31)/t18-/m0/s1. The summed E-state index contributed by atoms with van der Waals surface area (Å²) in [5, 5.41) is 4.02. The third-order valence-electron chi connectivity index (χ3n) is 6.13. The second kappa shape index (κ2) is 10.5. The SMILES string of the molecule is Cc1ccc(CC(=O)N(Cc2ccc(Cl)c(Cl)c2)[C@@H](C)C(=O)NC2CCCC2)cc1C. The van der Waals surface area contributed by atoms with Gasteiger partial charge in [0.2, 0.25) is 11.8 Å². The van der Waals surface area contributed by atoms with E-state index in [2.05, 4.69) is 5.32 Å². The van der Waals surface area contributed by atoms with Gasteiger partial charge in [-0.3, -0.25) is 9.59 Å². The fourth-order valence-electron chi connectivity index (χ4n) is 4.00. The van der Waals surface area contributed by atoms with E-state index in [1.54, 1.807) is 24.0 Å². The van der Waals surface area contributed by atoms with Crippen LogP contribution in [0.2, 0.25) is 10.0 Å². The molecule has 0 saturated heterocycles. The van der Waals surface area contributed by atoms with Crippen molar-refractivity contribution in [2.24, 2.45) is 0 Å². The zero-order chi connectivity index (χ0) is 22.5. The number of carbonyl (C=O) groups excluding carboxylic acids is 2. The van der Waals surface area contributed by atoms with E-state index >= 15 is 0 Å². The van der Waals surface area contributed by atoms with Crippen LogP contribution in [0.4, 0.5) is 0 Å². The maximum Gasteiger partial charge on any atom is 0.242 e. The van der Waals surface area contributed by atoms with E-state index in [0.29, 0.717) is 16.6 Å². The molecule has 166 valence electrons. The quantitative estimate of drug-likeness (QED) is 0.581. The monoisotopic (exact) mass is 460 g/mol. The number of amides is 2. The van der Waals surface area contributed by atoms with Crippen molar-refractivity contribution in [3.8, 4) is 0 Å². The van der Waals surface area contributed by atoms with Crippen molar-refractivity contribution < 1.29 is 9.59 Å². The molecule has 1 fully saturated rings. The molecule has 1 aliphatic carbocycles. The van der Waals surface area contributed by atoms with Crippen molar-refractivity contribution in [2.45, 2.75) is 71.5 Å². The second-order valence-electron chi connectivity index (χ2n) is 8.53. The fraction of sp³-hybridized carbons (Fsp3) is 0.440. The van der Waals surface area contributed by atoms with Crippen LogP contribution in [0.1, 0.15) is 54.9 Å². The van der Waals surface area contributed by atoms with Gasteiger partial charge < -0.3 is 10.2 Å². The van der Waals surface area contributed by atoms with Crippen LogP contribution in [0.15, 0.2) is 36.4 Å². The molecule has 2 aromatic carbocycles. The molecule has 4 nitrogen and oxygen atoms in total. The van der Waals surface area contributed by atoms with E-state index in [4.69, 9.17) is 23.2 Å². The summed E-state index contributed by atoms with van der Waals surface area (Å²) < 4.78 is 0. The summed E-state index contributed by atoms with van der Waals surface area (Å²) >= 11 is 12.2. The highest BCUT2D eigenvalue weighted by molar-refractivity contribution is 6.42. The molecule has 1 aliphatic rings. The van der Waals surface area contributed by atoms with Gasteiger partial charge in [-0.25, -0.2) is 0 Å². The predicted octanol–water partition coefficient (Wildman–Crippen LogP) is 5.63. The highest BCUT2D eigenvalue weighted by atomic mass is 35.5. The summed E-state index contributed by atoms with van der Waals surface area (Å²) in [6.07, 6.45) is 4.52. The Morgan fingerprint density at radius 2 is 1.68 bits per heavy atom. The second-order valence-corrected chi connectivity index (χ2v) is 9.35. The molecule has 3 rings (SSSR count). The Balaban J connectivity index is 1.80. The Hall–Kier alpha value is -2.04. The summed E-state index contributed by atoms with van der Waals surface area (Å²) in [4.78, 5) is 27.9. The lowest BCUT2D eigenvalue weighted by Gasteiger charge is -2.30. The zero-order valence-electron chi connectivity index (χ0n) is 18.4. The largest absolute Gasteiger partial charge is 0.352 e. The lowest BCUT2D eigenvalue weighted by Crippen LogP contribution is -2.50. The van der Waals surface area contributed by atoms with Crippen molar-refractivity contribution >= 4 is 35.0 Å². The smallest absolute Gasteiger partial charge is 0.242 e. The van der Waals surface area contributed by atoms with Crippen LogP contribution in [-0.2, 0) is 22.6 Å². The molecule has 0 aromatic heterocycles. The highest BCUT2D eigenvalue weighted by Crippen LogP contribution is 2.24. The number of halogens is 2. The van der Waals surface area contributed by atoms with Crippen molar-refractivity contribution in [3.05, 3.63) is 68.7 Å². The van der Waals surface area contributed by atoms with E-state index in [-0.39, 0.29) is 24.3 Å². The summed E-state index contributed by atoms with van der Waals surface area (Å²) in [5.41, 5.74) is 4.11. The first kappa shape index (κ1) is 23.6. The molecule has 31 heavy (non-hydrogen) atoms. The summed E-state index contributed by atoms with van der Waals surface area (Å²) in [5.74, 6) is -0.205. The van der Waals surface area contributed by atoms with E-state index < -0.39 is 6.04 Å². The predicted molar refractivity (Wildman–Crippen MR) is 126 cm³/mol. The van der Waals surface area contributed by atoms with Crippen molar-refractivity contribution in [1.82, 2.24) is 10.2 Å². The van der Waals surface area contributed by atoms with Gasteiger partial charge in [-0.1, -0.05) is 60.3 Å². The Bertz CT molecular complexity index is 955. The minimum Gasteiger partial charge on any atom is -0.352 e. The molecule has 0 radical (unpaired) electrons. The zero-order valence-corrected chi connectivity index (χ0v) is 19.9. The first-order valence-electron chi connectivity index (χ1n) is 10.8. The number of nitrogens with one attached hydrogen (secondary N) is 1. The molecule has 6 heteroatoms. The third kappa shape index (κ3) is 6.24. The summed E-state index contributed by atoms with van der Waals surface area (Å²) in [6, 6.07) is 11.0. The molecule has 2 aromatic rings. The van der Waals surface area contributed by atoms with Crippen LogP contribution in [0.3, 0.4) is 0 Å². The lowest BCUT2D eigenvalue weighted by molar-refractivity contribution is -0.140. The molecule has 1 atom stereocenters. The van der Waals surface area contributed by atoms with Crippen LogP contribution in [-0.4, -0.2) is 28.8 Å². The molecular weight excluding hydrogens is 431 g/mol. The Kier molecular flexibility index (Phi) is 8.01. The Labute approximate surface area is 194 Å². The van der Waals surface area contributed by atoms with Gasteiger partial charge in [0.05, 0.1) is 16.5 Å². The number of hydrogen-bond acceptors (Lipinski definition) is 2. The maximum atomic E-state index is 13.3. The molecule has 1 saturated carbocycles. The lowest BCUT2D eigenvalue weighted by atomic mass is 10.0. The third-order valence-corrected chi connectivity index (χ3v) is 6.87. The number of carbonyl (C=O) groups is 2. The normalized spacial score (nSPS) is 15.0. The van der Waals surface area contributed by atoms with Gasteiger partial charge >= 0.3 is 0 Å². The van der Waals surface area contributed by atoms with Crippen molar-refractivity contribution in [1.29, 1.82) is 0 Å². The topological polar surface area (TPSA) is 49.4 Å². The number of hydrogen-bond donors (Lipinski definition) is 1. The Morgan fingerprint density at radius 3 is 2.32 bits per heavy atom. The van der Waals surface area contributed by atoms with Gasteiger partial charge in [-0.2, -0.15) is 0 Å². The number of nitrogens with zero attached hydrogens (tertiary/aromatic N) is 1. The Morgan fingerprint density at radius 1 is 1.00 bits per heavy atom. The van der Waals surface area contributed by atoms with Gasteiger partial charge in [-0.15, -0.1) is 0 Å². The van der Waals surface area contributed by atoms with Crippen molar-refractivity contribution in [2.75, 3.05) is 0 Å². The van der Waals surface area contributed by atoms with E-state index in [1.807, 2.05) is 38.1 Å². The van der Waals surface area contributed by atoms with Gasteiger partial charge in [0, 0.05) is 12.6 Å². The van der Waals surface area contributed by atoms with Crippen LogP contribution < -0.4 is 5.32 Å². The molecule has 0 heterocycles. The molecule has 0 spiro atoms. The molecular formula is C25H30Cl2N2O2. The van der Waals surface area contributed by atoms with Gasteiger partial charge in [0.1, 0.15) is 6.04 Å². The highest BCUT2D eigenvalue weighted by Gasteiger charge is 2.28. The van der Waals surface area contributed by atoms with Crippen LogP contribution in [0, 0.1) is 13.8 Å². The minimum absolute atomic E-state index is 0.0941. The van der Waals surface area contributed by atoms with Gasteiger partial charge in [0.15, 0.2) is 0 Å². The number of benzene rings is 2. The number of rotatable bonds is 7.